The molecule has 15 aromatic carbocycles. The van der Waals surface area contributed by atoms with Crippen molar-refractivity contribution in [1.29, 1.82) is 0 Å². The van der Waals surface area contributed by atoms with Crippen molar-refractivity contribution in [2.45, 2.75) is 0 Å². The first kappa shape index (κ1) is 58.2. The van der Waals surface area contributed by atoms with Crippen molar-refractivity contribution in [2.24, 2.45) is 0 Å². The Labute approximate surface area is 598 Å². The molecule has 6 heterocycles. The first-order valence-electron chi connectivity index (χ1n) is 34.8. The summed E-state index contributed by atoms with van der Waals surface area (Å²) in [5, 5.41) is 0.632. The SMILES string of the molecule is Clc1cc2c3c(c1)N(c1ccccc1)c1cc4c(cc1B3c1cc3c(cc1N2c1ccccc1)N(c1ccccc1)c1cc(N(c2ccccc2)c2ccccc2)cc2c1B3c1ccccc1O2)B1c2ccccc2Oc2cc(N(c3ccccc3)c3ccccc3)cc(c21)N4c1ccccc1. The van der Waals surface area contributed by atoms with Crippen LogP contribution in [0.1, 0.15) is 0 Å². The van der Waals surface area contributed by atoms with E-state index in [4.69, 9.17) is 21.1 Å². The maximum absolute atomic E-state index is 7.81. The van der Waals surface area contributed by atoms with Gasteiger partial charge in [-0.3, -0.25) is 0 Å². The zero-order valence-electron chi connectivity index (χ0n) is 55.1. The van der Waals surface area contributed by atoms with Crippen molar-refractivity contribution in [3.63, 3.8) is 0 Å². The second-order valence-electron chi connectivity index (χ2n) is 26.8. The van der Waals surface area contributed by atoms with Gasteiger partial charge in [0.25, 0.3) is 20.1 Å². The van der Waals surface area contributed by atoms with Crippen LogP contribution in [0, 0.1) is 0 Å². The molecule has 12 heteroatoms. The minimum atomic E-state index is -0.324. The highest BCUT2D eigenvalue weighted by Crippen LogP contribution is 2.53. The number of hydrogen-bond donors (Lipinski definition) is 0. The van der Waals surface area contributed by atoms with Gasteiger partial charge in [0, 0.05) is 108 Å². The molecule has 0 atom stereocenters. The Morgan fingerprint density at radius 2 is 0.480 bits per heavy atom. The molecule has 0 aliphatic carbocycles. The molecule has 0 saturated carbocycles. The van der Waals surface area contributed by atoms with Gasteiger partial charge in [0.15, 0.2) is 0 Å². The van der Waals surface area contributed by atoms with Crippen LogP contribution >= 0.6 is 11.6 Å². The number of anilines is 18. The van der Waals surface area contributed by atoms with Gasteiger partial charge in [0.2, 0.25) is 0 Å². The van der Waals surface area contributed by atoms with E-state index in [0.29, 0.717) is 5.02 Å². The third-order valence-electron chi connectivity index (χ3n) is 21.2. The number of halogens is 1. The average molecular weight is 1320 g/mol. The Hall–Kier alpha value is -12.8. The molecule has 8 nitrogen and oxygen atoms in total. The number of para-hydroxylation sites is 10. The predicted molar refractivity (Wildman–Crippen MR) is 427 cm³/mol. The van der Waals surface area contributed by atoms with Gasteiger partial charge >= 0.3 is 0 Å². The summed E-state index contributed by atoms with van der Waals surface area (Å²) < 4.78 is 14.7. The standard InChI is InChI=1S/C90H58B3ClN6O2/c94-59-49-80-88-81(50-59)98(65-39-19-6-20-40-65)79-58-77-73(92-71-46-26-28-48-85(71)102-87-54-69(52-83(90(87)92)100(77)67-43-23-8-24-44-67)96(62-33-13-3-14-34-62)63-35-15-4-16-36-63)56-75(79)93(88)74-55-72-76(57-78(74)97(80)64-37-17-5-18-38-64)99(66-41-21-7-22-42-66)82-51-68(53-86-89(82)91(72)70-45-25-27-47-84(70)101-86)95(60-29-9-1-10-30-60)61-31-11-2-12-32-61/h1-58H. The minimum absolute atomic E-state index is 0.238. The first-order chi connectivity index (χ1) is 50.5. The van der Waals surface area contributed by atoms with E-state index in [1.54, 1.807) is 0 Å². The quantitative estimate of drug-likeness (QED) is 0.125. The van der Waals surface area contributed by atoms with E-state index in [0.717, 1.165) is 147 Å². The number of fused-ring (bicyclic) bond motifs is 12. The summed E-state index contributed by atoms with van der Waals surface area (Å²) in [6.07, 6.45) is 0. The van der Waals surface area contributed by atoms with E-state index in [1.165, 1.54) is 27.3 Å². The van der Waals surface area contributed by atoms with Crippen LogP contribution in [-0.2, 0) is 0 Å². The summed E-state index contributed by atoms with van der Waals surface area (Å²) in [5.41, 5.74) is 28.9. The van der Waals surface area contributed by atoms with Crippen LogP contribution in [0.5, 0.6) is 23.0 Å². The van der Waals surface area contributed by atoms with Crippen molar-refractivity contribution in [1.82, 2.24) is 0 Å². The zero-order valence-corrected chi connectivity index (χ0v) is 55.9. The topological polar surface area (TPSA) is 37.9 Å². The molecule has 0 fully saturated rings. The second-order valence-corrected chi connectivity index (χ2v) is 27.3. The molecule has 0 N–H and O–H groups in total. The number of benzene rings is 15. The van der Waals surface area contributed by atoms with Crippen molar-refractivity contribution in [3.05, 3.63) is 357 Å². The van der Waals surface area contributed by atoms with E-state index in [2.05, 4.69) is 381 Å². The number of rotatable bonds is 10. The summed E-state index contributed by atoms with van der Waals surface area (Å²) in [5.74, 6) is 3.30. The molecule has 6 aliphatic heterocycles. The van der Waals surface area contributed by atoms with Gasteiger partial charge in [-0.25, -0.2) is 0 Å². The van der Waals surface area contributed by atoms with Crippen LogP contribution < -0.4 is 88.0 Å². The fourth-order valence-corrected chi connectivity index (χ4v) is 17.4. The molecule has 0 unspecified atom stereocenters. The maximum Gasteiger partial charge on any atom is 0.256 e. The highest BCUT2D eigenvalue weighted by atomic mass is 35.5. The predicted octanol–water partition coefficient (Wildman–Crippen LogP) is 18.2. The first-order valence-corrected chi connectivity index (χ1v) is 35.2. The molecule has 0 bridgehead atoms. The third-order valence-corrected chi connectivity index (χ3v) is 21.4. The molecule has 0 aromatic heterocycles. The molecular weight excluding hydrogens is 1260 g/mol. The molecule has 0 amide bonds. The van der Waals surface area contributed by atoms with Crippen LogP contribution in [0.2, 0.25) is 5.02 Å². The lowest BCUT2D eigenvalue weighted by Gasteiger charge is -2.47. The molecule has 6 aliphatic rings. The van der Waals surface area contributed by atoms with Gasteiger partial charge in [-0.2, -0.15) is 0 Å². The number of ether oxygens (including phenoxy) is 2. The molecule has 0 saturated heterocycles. The molecule has 0 spiro atoms. The molecule has 102 heavy (non-hydrogen) atoms. The Morgan fingerprint density at radius 3 is 0.794 bits per heavy atom. The lowest BCUT2D eigenvalue weighted by atomic mass is 9.29. The Balaban J connectivity index is 0.857. The van der Waals surface area contributed by atoms with Gasteiger partial charge in [0.05, 0.1) is 11.4 Å². The Morgan fingerprint density at radius 1 is 0.216 bits per heavy atom. The Kier molecular flexibility index (Phi) is 13.2. The van der Waals surface area contributed by atoms with Crippen molar-refractivity contribution in [2.75, 3.05) is 29.4 Å². The molecule has 0 radical (unpaired) electrons. The monoisotopic (exact) mass is 1320 g/mol. The van der Waals surface area contributed by atoms with E-state index in [-0.39, 0.29) is 20.1 Å². The minimum Gasteiger partial charge on any atom is -0.458 e. The van der Waals surface area contributed by atoms with Crippen LogP contribution in [0.3, 0.4) is 0 Å². The van der Waals surface area contributed by atoms with E-state index >= 15 is 0 Å². The highest BCUT2D eigenvalue weighted by molar-refractivity contribution is 7.04. The third kappa shape index (κ3) is 8.94. The average Bonchev–Trinajstić information content (AvgIpc) is 0.686. The van der Waals surface area contributed by atoms with Crippen molar-refractivity contribution < 1.29 is 9.47 Å². The summed E-state index contributed by atoms with van der Waals surface area (Å²) in [6, 6.07) is 127. The molecule has 21 rings (SSSR count). The van der Waals surface area contributed by atoms with Gasteiger partial charge in [-0.05, 0) is 195 Å². The van der Waals surface area contributed by atoms with Gasteiger partial charge in [-0.1, -0.05) is 206 Å². The molecule has 476 valence electrons. The van der Waals surface area contributed by atoms with Crippen LogP contribution in [0.15, 0.2) is 352 Å². The summed E-state index contributed by atoms with van der Waals surface area (Å²) in [7, 11) is 0. The van der Waals surface area contributed by atoms with E-state index < -0.39 is 0 Å². The zero-order chi connectivity index (χ0) is 67.1. The normalized spacial score (nSPS) is 13.4. The molecule has 15 aromatic rings. The van der Waals surface area contributed by atoms with E-state index in [9.17, 15) is 0 Å². The van der Waals surface area contributed by atoms with Crippen LogP contribution in [-0.4, -0.2) is 20.1 Å². The highest BCUT2D eigenvalue weighted by Gasteiger charge is 2.51. The Bertz CT molecular complexity index is 5420. The van der Waals surface area contributed by atoms with Crippen LogP contribution in [0.25, 0.3) is 0 Å². The summed E-state index contributed by atoms with van der Waals surface area (Å²) >= 11 is 7.81. The van der Waals surface area contributed by atoms with Gasteiger partial charge in [0.1, 0.15) is 23.0 Å². The fourth-order valence-electron chi connectivity index (χ4n) is 17.2. The fraction of sp³-hybridized carbons (Fsp3) is 0. The smallest absolute Gasteiger partial charge is 0.256 e. The number of hydrogen-bond acceptors (Lipinski definition) is 8. The lowest BCUT2D eigenvalue weighted by molar-refractivity contribution is 0.487. The lowest BCUT2D eigenvalue weighted by Crippen LogP contribution is -2.66. The number of nitrogens with zero attached hydrogens (tertiary/aromatic N) is 6. The second kappa shape index (κ2) is 23.1. The van der Waals surface area contributed by atoms with Gasteiger partial charge < -0.3 is 38.9 Å². The largest absolute Gasteiger partial charge is 0.458 e. The van der Waals surface area contributed by atoms with Crippen molar-refractivity contribution >= 4 is 183 Å². The van der Waals surface area contributed by atoms with E-state index in [1.807, 2.05) is 0 Å². The van der Waals surface area contributed by atoms with Gasteiger partial charge in [-0.15, -0.1) is 0 Å². The molecular formula is C90H58B3ClN6O2. The van der Waals surface area contributed by atoms with Crippen LogP contribution in [0.4, 0.5) is 102 Å². The summed E-state index contributed by atoms with van der Waals surface area (Å²) in [4.78, 5) is 14.6. The van der Waals surface area contributed by atoms with Crippen molar-refractivity contribution in [3.8, 4) is 23.0 Å². The maximum atomic E-state index is 7.81. The summed E-state index contributed by atoms with van der Waals surface area (Å²) in [6.45, 7) is -0.801.